The number of pyridine rings is 1. The summed E-state index contributed by atoms with van der Waals surface area (Å²) in [6, 6.07) is 10.0. The third kappa shape index (κ3) is 3.49. The fourth-order valence-corrected chi connectivity index (χ4v) is 2.10. The normalized spacial score (nSPS) is 10.5. The molecule has 0 aliphatic rings. The van der Waals surface area contributed by atoms with Gasteiger partial charge in [-0.1, -0.05) is 6.07 Å². The van der Waals surface area contributed by atoms with E-state index in [2.05, 4.69) is 20.8 Å². The molecule has 0 fully saturated rings. The number of carbonyl (C=O) groups is 1. The summed E-state index contributed by atoms with van der Waals surface area (Å²) in [6.45, 7) is 1.91. The lowest BCUT2D eigenvalue weighted by Gasteiger charge is -2.09. The standard InChI is InChI=1S/C15H14N6O2/c1-11-17-18-19-21(11)13-4-2-3-12(9-13)16-15(23)10-20-7-5-14(22)6-8-20/h2-9H,10H2,1H3,(H,16,23). The second-order valence-corrected chi connectivity index (χ2v) is 4.94. The van der Waals surface area contributed by atoms with Gasteiger partial charge in [-0.25, -0.2) is 0 Å². The molecule has 0 bridgehead atoms. The number of benzene rings is 1. The van der Waals surface area contributed by atoms with Gasteiger partial charge in [0.2, 0.25) is 5.91 Å². The molecule has 8 nitrogen and oxygen atoms in total. The third-order valence-corrected chi connectivity index (χ3v) is 3.19. The molecule has 23 heavy (non-hydrogen) atoms. The minimum Gasteiger partial charge on any atom is -0.345 e. The van der Waals surface area contributed by atoms with E-state index in [0.29, 0.717) is 11.5 Å². The van der Waals surface area contributed by atoms with Crippen molar-refractivity contribution in [1.82, 2.24) is 24.8 Å². The van der Waals surface area contributed by atoms with Crippen LogP contribution in [0, 0.1) is 6.92 Å². The van der Waals surface area contributed by atoms with Crippen molar-refractivity contribution in [3.63, 3.8) is 0 Å². The van der Waals surface area contributed by atoms with Gasteiger partial charge in [-0.3, -0.25) is 9.59 Å². The maximum absolute atomic E-state index is 12.1. The zero-order valence-electron chi connectivity index (χ0n) is 12.4. The van der Waals surface area contributed by atoms with Crippen molar-refractivity contribution in [3.8, 4) is 5.69 Å². The van der Waals surface area contributed by atoms with Crippen molar-refractivity contribution in [1.29, 1.82) is 0 Å². The molecule has 0 aliphatic heterocycles. The Kier molecular flexibility index (Phi) is 3.96. The first-order valence-corrected chi connectivity index (χ1v) is 6.93. The number of anilines is 1. The number of rotatable bonds is 4. The number of hydrogen-bond donors (Lipinski definition) is 1. The number of hydrogen-bond acceptors (Lipinski definition) is 5. The summed E-state index contributed by atoms with van der Waals surface area (Å²) >= 11 is 0. The quantitative estimate of drug-likeness (QED) is 0.768. The Hall–Kier alpha value is -3.29. The summed E-state index contributed by atoms with van der Waals surface area (Å²) in [7, 11) is 0. The van der Waals surface area contributed by atoms with Crippen molar-refractivity contribution in [3.05, 3.63) is 64.8 Å². The number of nitrogens with zero attached hydrogens (tertiary/aromatic N) is 5. The molecule has 3 rings (SSSR count). The van der Waals surface area contributed by atoms with E-state index in [0.717, 1.165) is 5.69 Å². The summed E-state index contributed by atoms with van der Waals surface area (Å²) < 4.78 is 3.21. The van der Waals surface area contributed by atoms with Crippen LogP contribution in [0.4, 0.5) is 5.69 Å². The molecule has 0 radical (unpaired) electrons. The molecular formula is C15H14N6O2. The van der Waals surface area contributed by atoms with Gasteiger partial charge in [0.15, 0.2) is 11.3 Å². The Labute approximate surface area is 131 Å². The van der Waals surface area contributed by atoms with Crippen LogP contribution in [0.2, 0.25) is 0 Å². The summed E-state index contributed by atoms with van der Waals surface area (Å²) in [6.07, 6.45) is 3.14. The lowest BCUT2D eigenvalue weighted by molar-refractivity contribution is -0.116. The Balaban J connectivity index is 1.73. The van der Waals surface area contributed by atoms with Crippen molar-refractivity contribution in [2.75, 3.05) is 5.32 Å². The van der Waals surface area contributed by atoms with Crippen molar-refractivity contribution in [2.24, 2.45) is 0 Å². The van der Waals surface area contributed by atoms with E-state index in [1.165, 1.54) is 12.1 Å². The molecule has 8 heteroatoms. The van der Waals surface area contributed by atoms with E-state index < -0.39 is 0 Å². The van der Waals surface area contributed by atoms with Crippen LogP contribution in [0.5, 0.6) is 0 Å². The molecular weight excluding hydrogens is 296 g/mol. The van der Waals surface area contributed by atoms with E-state index in [1.807, 2.05) is 12.1 Å². The SMILES string of the molecule is Cc1nnnn1-c1cccc(NC(=O)Cn2ccc(=O)cc2)c1. The Morgan fingerprint density at radius 3 is 2.70 bits per heavy atom. The minimum atomic E-state index is -0.195. The van der Waals surface area contributed by atoms with Gasteiger partial charge in [0.1, 0.15) is 6.54 Å². The molecule has 0 unspecified atom stereocenters. The molecule has 0 saturated carbocycles. The fourth-order valence-electron chi connectivity index (χ4n) is 2.10. The van der Waals surface area contributed by atoms with Gasteiger partial charge >= 0.3 is 0 Å². The van der Waals surface area contributed by atoms with Crippen LogP contribution in [0.3, 0.4) is 0 Å². The third-order valence-electron chi connectivity index (χ3n) is 3.19. The lowest BCUT2D eigenvalue weighted by atomic mass is 10.2. The van der Waals surface area contributed by atoms with E-state index >= 15 is 0 Å². The second kappa shape index (κ2) is 6.22. The molecule has 1 N–H and O–H groups in total. The highest BCUT2D eigenvalue weighted by Crippen LogP contribution is 2.14. The van der Waals surface area contributed by atoms with Crippen LogP contribution in [-0.4, -0.2) is 30.7 Å². The molecule has 3 aromatic rings. The Bertz CT molecular complexity index is 878. The van der Waals surface area contributed by atoms with Gasteiger partial charge in [0, 0.05) is 30.2 Å². The maximum atomic E-state index is 12.1. The van der Waals surface area contributed by atoms with Gasteiger partial charge in [-0.05, 0) is 35.5 Å². The van der Waals surface area contributed by atoms with Crippen molar-refractivity contribution < 1.29 is 4.79 Å². The van der Waals surface area contributed by atoms with Crippen LogP contribution in [-0.2, 0) is 11.3 Å². The lowest BCUT2D eigenvalue weighted by Crippen LogP contribution is -2.19. The van der Waals surface area contributed by atoms with Gasteiger partial charge in [0.25, 0.3) is 0 Å². The molecule has 0 spiro atoms. The van der Waals surface area contributed by atoms with Crippen LogP contribution in [0.1, 0.15) is 5.82 Å². The van der Waals surface area contributed by atoms with Gasteiger partial charge in [0.05, 0.1) is 5.69 Å². The van der Waals surface area contributed by atoms with E-state index in [4.69, 9.17) is 0 Å². The largest absolute Gasteiger partial charge is 0.345 e. The van der Waals surface area contributed by atoms with Gasteiger partial charge in [-0.15, -0.1) is 5.10 Å². The molecule has 1 amide bonds. The maximum Gasteiger partial charge on any atom is 0.244 e. The highest BCUT2D eigenvalue weighted by molar-refractivity contribution is 5.90. The molecule has 2 aromatic heterocycles. The summed E-state index contributed by atoms with van der Waals surface area (Å²) in [5.74, 6) is 0.459. The predicted molar refractivity (Wildman–Crippen MR) is 83.2 cm³/mol. The summed E-state index contributed by atoms with van der Waals surface area (Å²) in [5.41, 5.74) is 1.31. The van der Waals surface area contributed by atoms with E-state index in [1.54, 1.807) is 40.7 Å². The topological polar surface area (TPSA) is 94.7 Å². The number of aryl methyl sites for hydroxylation is 1. The number of tetrazole rings is 1. The van der Waals surface area contributed by atoms with Crippen LogP contribution >= 0.6 is 0 Å². The number of amides is 1. The van der Waals surface area contributed by atoms with E-state index in [-0.39, 0.29) is 17.9 Å². The predicted octanol–water partition coefficient (Wildman–Crippen LogP) is 0.771. The van der Waals surface area contributed by atoms with Gasteiger partial charge in [-0.2, -0.15) is 4.68 Å². The Morgan fingerprint density at radius 2 is 2.00 bits per heavy atom. The molecule has 0 atom stereocenters. The number of aromatic nitrogens is 5. The average molecular weight is 310 g/mol. The average Bonchev–Trinajstić information content (AvgIpc) is 2.96. The highest BCUT2D eigenvalue weighted by Gasteiger charge is 2.07. The first kappa shape index (κ1) is 14.6. The first-order chi connectivity index (χ1) is 11.1. The molecule has 2 heterocycles. The smallest absolute Gasteiger partial charge is 0.244 e. The van der Waals surface area contributed by atoms with Crippen LogP contribution in [0.15, 0.2) is 53.6 Å². The fraction of sp³-hybridized carbons (Fsp3) is 0.133. The molecule has 0 aliphatic carbocycles. The summed E-state index contributed by atoms with van der Waals surface area (Å²) in [5, 5.41) is 14.1. The monoisotopic (exact) mass is 310 g/mol. The number of carbonyl (C=O) groups excluding carboxylic acids is 1. The van der Waals surface area contributed by atoms with E-state index in [9.17, 15) is 9.59 Å². The zero-order valence-corrected chi connectivity index (χ0v) is 12.4. The zero-order chi connectivity index (χ0) is 16.2. The minimum absolute atomic E-state index is 0.0915. The van der Waals surface area contributed by atoms with Crippen molar-refractivity contribution >= 4 is 11.6 Å². The second-order valence-electron chi connectivity index (χ2n) is 4.94. The van der Waals surface area contributed by atoms with Crippen LogP contribution < -0.4 is 10.7 Å². The molecule has 0 saturated heterocycles. The summed E-state index contributed by atoms with van der Waals surface area (Å²) in [4.78, 5) is 23.1. The van der Waals surface area contributed by atoms with Crippen molar-refractivity contribution in [2.45, 2.75) is 13.5 Å². The van der Waals surface area contributed by atoms with Crippen LogP contribution in [0.25, 0.3) is 5.69 Å². The van der Waals surface area contributed by atoms with Gasteiger partial charge < -0.3 is 9.88 Å². The molecule has 1 aromatic carbocycles. The number of nitrogens with one attached hydrogen (secondary N) is 1. The first-order valence-electron chi connectivity index (χ1n) is 6.93. The molecule has 116 valence electrons. The Morgan fingerprint density at radius 1 is 1.22 bits per heavy atom. The highest BCUT2D eigenvalue weighted by atomic mass is 16.2.